The van der Waals surface area contributed by atoms with Crippen molar-refractivity contribution in [3.63, 3.8) is 0 Å². The van der Waals surface area contributed by atoms with Crippen molar-refractivity contribution in [2.75, 3.05) is 22.1 Å². The van der Waals surface area contributed by atoms with E-state index in [2.05, 4.69) is 10.6 Å². The van der Waals surface area contributed by atoms with E-state index < -0.39 is 0 Å². The van der Waals surface area contributed by atoms with Crippen LogP contribution in [0.1, 0.15) is 33.0 Å². The Labute approximate surface area is 156 Å². The molecule has 4 nitrogen and oxygen atoms in total. The maximum Gasteiger partial charge on any atom is 0.255 e. The van der Waals surface area contributed by atoms with Crippen LogP contribution in [0.3, 0.4) is 0 Å². The van der Waals surface area contributed by atoms with Gasteiger partial charge in [0, 0.05) is 35.4 Å². The van der Waals surface area contributed by atoms with Crippen molar-refractivity contribution in [3.05, 3.63) is 59.2 Å². The molecular formula is C19H20N2O2S2. The summed E-state index contributed by atoms with van der Waals surface area (Å²) in [4.78, 5) is 23.6. The number of anilines is 2. The Kier molecular flexibility index (Phi) is 5.71. The number of carbonyl (C=O) groups is 2. The maximum atomic E-state index is 12.4. The van der Waals surface area contributed by atoms with Gasteiger partial charge in [-0.3, -0.25) is 9.59 Å². The lowest BCUT2D eigenvalue weighted by atomic mass is 10.1. The molecule has 0 aromatic heterocycles. The molecule has 0 bridgehead atoms. The van der Waals surface area contributed by atoms with Crippen LogP contribution in [0.5, 0.6) is 0 Å². The second-order valence-electron chi connectivity index (χ2n) is 5.86. The summed E-state index contributed by atoms with van der Waals surface area (Å²) in [7, 11) is 0. The van der Waals surface area contributed by atoms with Crippen LogP contribution in [0.15, 0.2) is 42.5 Å². The number of hydrogen-bond donors (Lipinski definition) is 2. The number of nitrogens with one attached hydrogen (secondary N) is 2. The molecule has 6 heteroatoms. The second kappa shape index (κ2) is 7.97. The predicted molar refractivity (Wildman–Crippen MR) is 108 cm³/mol. The van der Waals surface area contributed by atoms with Gasteiger partial charge < -0.3 is 10.6 Å². The molecule has 2 amide bonds. The highest BCUT2D eigenvalue weighted by Crippen LogP contribution is 2.45. The van der Waals surface area contributed by atoms with Gasteiger partial charge in [-0.1, -0.05) is 12.1 Å². The van der Waals surface area contributed by atoms with Crippen molar-refractivity contribution in [3.8, 4) is 0 Å². The van der Waals surface area contributed by atoms with Gasteiger partial charge in [0.15, 0.2) is 0 Å². The minimum Gasteiger partial charge on any atom is -0.326 e. The van der Waals surface area contributed by atoms with Gasteiger partial charge in [-0.2, -0.15) is 0 Å². The van der Waals surface area contributed by atoms with Crippen LogP contribution in [0.25, 0.3) is 0 Å². The van der Waals surface area contributed by atoms with Gasteiger partial charge in [-0.15, -0.1) is 23.5 Å². The SMILES string of the molecule is CC(=O)Nc1ccc(NC(=O)c2ccc(C3SCCS3)cc2)cc1C. The van der Waals surface area contributed by atoms with Gasteiger partial charge in [-0.25, -0.2) is 0 Å². The number of rotatable bonds is 4. The summed E-state index contributed by atoms with van der Waals surface area (Å²) in [5, 5.41) is 5.67. The Balaban J connectivity index is 1.67. The summed E-state index contributed by atoms with van der Waals surface area (Å²) in [5.74, 6) is 2.13. The summed E-state index contributed by atoms with van der Waals surface area (Å²) in [6, 6.07) is 13.3. The normalized spacial score (nSPS) is 14.3. The lowest BCUT2D eigenvalue weighted by Gasteiger charge is -2.11. The lowest BCUT2D eigenvalue weighted by molar-refractivity contribution is -0.114. The van der Waals surface area contributed by atoms with Crippen molar-refractivity contribution in [2.45, 2.75) is 18.4 Å². The minimum atomic E-state index is -0.134. The molecule has 0 aliphatic carbocycles. The first-order valence-electron chi connectivity index (χ1n) is 8.06. The van der Waals surface area contributed by atoms with Crippen LogP contribution in [-0.4, -0.2) is 23.3 Å². The summed E-state index contributed by atoms with van der Waals surface area (Å²) >= 11 is 3.90. The molecule has 1 aliphatic heterocycles. The lowest BCUT2D eigenvalue weighted by Crippen LogP contribution is -2.12. The monoisotopic (exact) mass is 372 g/mol. The molecule has 25 heavy (non-hydrogen) atoms. The van der Waals surface area contributed by atoms with Crippen molar-refractivity contribution in [1.82, 2.24) is 0 Å². The number of thioether (sulfide) groups is 2. The quantitative estimate of drug-likeness (QED) is 0.818. The summed E-state index contributed by atoms with van der Waals surface area (Å²) in [6.45, 7) is 3.37. The molecule has 1 aliphatic rings. The number of amides is 2. The Morgan fingerprint density at radius 2 is 1.68 bits per heavy atom. The number of carbonyl (C=O) groups excluding carboxylic acids is 2. The zero-order valence-electron chi connectivity index (χ0n) is 14.2. The highest BCUT2D eigenvalue weighted by Gasteiger charge is 2.18. The van der Waals surface area contributed by atoms with E-state index >= 15 is 0 Å². The molecule has 1 fully saturated rings. The van der Waals surface area contributed by atoms with Gasteiger partial charge in [-0.05, 0) is 48.4 Å². The van der Waals surface area contributed by atoms with E-state index in [1.807, 2.05) is 60.8 Å². The standard InChI is InChI=1S/C19H20N2O2S2/c1-12-11-16(7-8-17(12)20-13(2)22)21-18(23)14-3-5-15(6-4-14)19-24-9-10-25-19/h3-8,11,19H,9-10H2,1-2H3,(H,20,22)(H,21,23). The molecule has 130 valence electrons. The van der Waals surface area contributed by atoms with E-state index in [0.717, 1.165) is 11.3 Å². The van der Waals surface area contributed by atoms with E-state index in [1.54, 1.807) is 12.1 Å². The topological polar surface area (TPSA) is 58.2 Å². The van der Waals surface area contributed by atoms with Gasteiger partial charge in [0.2, 0.25) is 5.91 Å². The third-order valence-corrected chi connectivity index (χ3v) is 6.97. The molecule has 0 atom stereocenters. The molecule has 0 unspecified atom stereocenters. The zero-order chi connectivity index (χ0) is 17.8. The summed E-state index contributed by atoms with van der Waals surface area (Å²) in [5.41, 5.74) is 4.27. The largest absolute Gasteiger partial charge is 0.326 e. The third kappa shape index (κ3) is 4.58. The van der Waals surface area contributed by atoms with Crippen LogP contribution < -0.4 is 10.6 Å². The molecule has 2 N–H and O–H groups in total. The Bertz CT molecular complexity index is 785. The molecule has 0 spiro atoms. The number of benzene rings is 2. The van der Waals surface area contributed by atoms with Crippen LogP contribution in [0.2, 0.25) is 0 Å². The zero-order valence-corrected chi connectivity index (χ0v) is 15.8. The van der Waals surface area contributed by atoms with Crippen LogP contribution >= 0.6 is 23.5 Å². The fourth-order valence-electron chi connectivity index (χ4n) is 2.62. The Morgan fingerprint density at radius 1 is 1.00 bits per heavy atom. The number of aryl methyl sites for hydroxylation is 1. The first-order valence-corrected chi connectivity index (χ1v) is 10.2. The van der Waals surface area contributed by atoms with Gasteiger partial charge in [0.25, 0.3) is 5.91 Å². The van der Waals surface area contributed by atoms with Crippen molar-refractivity contribution in [1.29, 1.82) is 0 Å². The van der Waals surface area contributed by atoms with E-state index in [9.17, 15) is 9.59 Å². The molecule has 1 heterocycles. The fourth-order valence-corrected chi connectivity index (χ4v) is 5.48. The molecule has 1 saturated heterocycles. The second-order valence-corrected chi connectivity index (χ2v) is 8.58. The first kappa shape index (κ1) is 17.9. The van der Waals surface area contributed by atoms with E-state index in [-0.39, 0.29) is 11.8 Å². The number of hydrogen-bond acceptors (Lipinski definition) is 4. The van der Waals surface area contributed by atoms with Gasteiger partial charge in [0.1, 0.15) is 0 Å². The molecule has 2 aromatic carbocycles. The Morgan fingerprint density at radius 3 is 2.28 bits per heavy atom. The van der Waals surface area contributed by atoms with Crippen molar-refractivity contribution in [2.24, 2.45) is 0 Å². The minimum absolute atomic E-state index is 0.112. The third-order valence-electron chi connectivity index (χ3n) is 3.86. The van der Waals surface area contributed by atoms with E-state index in [1.165, 1.54) is 24.0 Å². The van der Waals surface area contributed by atoms with Crippen LogP contribution in [0, 0.1) is 6.92 Å². The van der Waals surface area contributed by atoms with Crippen molar-refractivity contribution >= 4 is 46.7 Å². The highest BCUT2D eigenvalue weighted by molar-refractivity contribution is 8.19. The molecular weight excluding hydrogens is 352 g/mol. The van der Waals surface area contributed by atoms with E-state index in [4.69, 9.17) is 0 Å². The molecule has 0 radical (unpaired) electrons. The highest BCUT2D eigenvalue weighted by atomic mass is 32.2. The van der Waals surface area contributed by atoms with Crippen molar-refractivity contribution < 1.29 is 9.59 Å². The van der Waals surface area contributed by atoms with Crippen LogP contribution in [-0.2, 0) is 4.79 Å². The first-order chi connectivity index (χ1) is 12.0. The maximum absolute atomic E-state index is 12.4. The Hall–Kier alpha value is -1.92. The van der Waals surface area contributed by atoms with Gasteiger partial charge >= 0.3 is 0 Å². The van der Waals surface area contributed by atoms with Gasteiger partial charge in [0.05, 0.1) is 4.58 Å². The summed E-state index contributed by atoms with van der Waals surface area (Å²) in [6.07, 6.45) is 0. The smallest absolute Gasteiger partial charge is 0.255 e. The molecule has 3 rings (SSSR count). The average Bonchev–Trinajstić information content (AvgIpc) is 3.12. The van der Waals surface area contributed by atoms with E-state index in [0.29, 0.717) is 15.8 Å². The predicted octanol–water partition coefficient (Wildman–Crippen LogP) is 4.68. The average molecular weight is 373 g/mol. The summed E-state index contributed by atoms with van der Waals surface area (Å²) < 4.78 is 0.487. The molecule has 0 saturated carbocycles. The molecule has 2 aromatic rings. The van der Waals surface area contributed by atoms with Crippen LogP contribution in [0.4, 0.5) is 11.4 Å². The fraction of sp³-hybridized carbons (Fsp3) is 0.263.